The minimum atomic E-state index is -4.74. The molecule has 0 aromatic carbocycles. The molecule has 3 aliphatic carbocycles. The molecule has 0 saturated heterocycles. The predicted molar refractivity (Wildman–Crippen MR) is 282 cm³/mol. The van der Waals surface area contributed by atoms with E-state index in [2.05, 4.69) is 40.9 Å². The third kappa shape index (κ3) is 18.9. The van der Waals surface area contributed by atoms with Crippen LogP contribution in [0.1, 0.15) is 183 Å². The number of anilines is 3. The molecule has 482 valence electrons. The number of aldehydes is 1. The Morgan fingerprint density at radius 3 is 1.17 bits per heavy atom. The SMILES string of the molecule is Nc1cn(C2CCC(CO)CC2)nc1C(F)F.O=C(Nc1cn(C2CCC(CO)CC2)nc1C(F)F)c1cccc(C(F)(F)F)n1.O=C(O)c1cccc(C(F)(F)F)n1.O=CC1CCC(n2cc(NC(=O)c3cccc(C(F)(F)F)n3)c(C(F)F)n2)CC1.[2H][3H]. The van der Waals surface area contributed by atoms with E-state index in [1.54, 1.807) is 4.68 Å². The van der Waals surface area contributed by atoms with Crippen LogP contribution in [0.15, 0.2) is 73.2 Å². The van der Waals surface area contributed by atoms with Crippen molar-refractivity contribution in [3.05, 3.63) is 124 Å². The van der Waals surface area contributed by atoms with Crippen molar-refractivity contribution < 1.29 is 103 Å². The normalized spacial score (nSPS) is 19.9. The highest BCUT2D eigenvalue weighted by atomic mass is 19.4. The second kappa shape index (κ2) is 30.2. The van der Waals surface area contributed by atoms with Crippen LogP contribution in [-0.4, -0.2) is 96.9 Å². The van der Waals surface area contributed by atoms with Gasteiger partial charge in [0.2, 0.25) is 0 Å². The van der Waals surface area contributed by atoms with Gasteiger partial charge in [0.1, 0.15) is 40.4 Å². The molecule has 3 saturated carbocycles. The van der Waals surface area contributed by atoms with Crippen molar-refractivity contribution in [2.45, 2.75) is 133 Å². The van der Waals surface area contributed by atoms with Gasteiger partial charge in [-0.25, -0.2) is 46.1 Å². The van der Waals surface area contributed by atoms with Gasteiger partial charge in [0.05, 0.1) is 35.2 Å². The Morgan fingerprint density at radius 2 is 0.864 bits per heavy atom. The topological polar surface area (TPSA) is 271 Å². The molecule has 88 heavy (non-hydrogen) atoms. The number of hydrogen-bond acceptors (Lipinski definition) is 13. The summed E-state index contributed by atoms with van der Waals surface area (Å²) in [7, 11) is 0. The summed E-state index contributed by atoms with van der Waals surface area (Å²) >= 11 is 0. The van der Waals surface area contributed by atoms with Crippen molar-refractivity contribution in [2.75, 3.05) is 29.6 Å². The van der Waals surface area contributed by atoms with Gasteiger partial charge in [0, 0.05) is 40.7 Å². The van der Waals surface area contributed by atoms with E-state index in [4.69, 9.17) is 18.9 Å². The number of halogens is 15. The first-order valence-corrected chi connectivity index (χ1v) is 26.9. The van der Waals surface area contributed by atoms with E-state index in [1.807, 2.05) is 0 Å². The molecule has 3 fully saturated rings. The standard InChI is InChI=1S/C18H19F5N4O2.C18H17F5N4O2.C11H17F2N3O.C7H4F3NO2.H2/c2*19-16(20)15-13(8-27(26-15)11-6-4-10(9-28)5-7-11)25-17(29)12-2-1-3-14(24-12)18(21,22)23;12-11(13)10-9(14)5-16(15-10)8-3-1-7(6-17)2-4-8;8-7(9,10)5-3-1-2-4(11-5)6(12)13;/h1-3,8,10-11,16,28H,4-7,9H2,(H,25,29);1-3,8-11,16H,4-7H2,(H,25,29);5,7-8,11,17H,1-4,6,14H2;1-3H,(H,12,13);1H/i;;;;1+2D. The summed E-state index contributed by atoms with van der Waals surface area (Å²) in [4.78, 5) is 55.1. The number of amides is 2. The number of carboxylic acid groups (broad SMARTS) is 1. The lowest BCUT2D eigenvalue weighted by molar-refractivity contribution is -0.142. The van der Waals surface area contributed by atoms with Gasteiger partial charge in [-0.1, -0.05) is 18.2 Å². The summed E-state index contributed by atoms with van der Waals surface area (Å²) in [6.07, 6.45) is -9.22. The first kappa shape index (κ1) is 67.3. The van der Waals surface area contributed by atoms with E-state index >= 15 is 0 Å². The number of carbonyl (C=O) groups is 4. The molecule has 6 aromatic rings. The number of pyridine rings is 3. The molecule has 6 heterocycles. The third-order valence-corrected chi connectivity index (χ3v) is 14.4. The van der Waals surface area contributed by atoms with Crippen molar-refractivity contribution >= 4 is 41.1 Å². The Morgan fingerprint density at radius 1 is 0.545 bits per heavy atom. The van der Waals surface area contributed by atoms with E-state index < -0.39 is 101 Å². The minimum Gasteiger partial charge on any atom is -0.477 e. The maximum absolute atomic E-state index is 13.4. The van der Waals surface area contributed by atoms with E-state index in [0.717, 1.165) is 81.2 Å². The van der Waals surface area contributed by atoms with Crippen LogP contribution in [0.25, 0.3) is 0 Å². The lowest BCUT2D eigenvalue weighted by atomic mass is 9.87. The molecule has 0 spiro atoms. The van der Waals surface area contributed by atoms with E-state index in [1.165, 1.54) is 28.0 Å². The Labute approximate surface area is 492 Å². The Bertz CT molecular complexity index is 3290. The molecule has 19 nitrogen and oxygen atoms in total. The fourth-order valence-corrected chi connectivity index (χ4v) is 9.69. The van der Waals surface area contributed by atoms with Crippen molar-refractivity contribution in [1.82, 2.24) is 44.3 Å². The van der Waals surface area contributed by atoms with Gasteiger partial charge in [0.15, 0.2) is 17.1 Å². The molecule has 0 atom stereocenters. The largest absolute Gasteiger partial charge is 0.477 e. The van der Waals surface area contributed by atoms with Crippen LogP contribution in [0.5, 0.6) is 0 Å². The number of nitrogens with one attached hydrogen (secondary N) is 2. The lowest BCUT2D eigenvalue weighted by Crippen LogP contribution is -2.20. The van der Waals surface area contributed by atoms with Crippen LogP contribution >= 0.6 is 0 Å². The van der Waals surface area contributed by atoms with Gasteiger partial charge in [-0.2, -0.15) is 54.8 Å². The van der Waals surface area contributed by atoms with Crippen molar-refractivity contribution in [3.63, 3.8) is 0 Å². The van der Waals surface area contributed by atoms with Crippen LogP contribution in [0.2, 0.25) is 0 Å². The molecule has 9 rings (SSSR count). The number of aliphatic hydroxyl groups is 2. The first-order chi connectivity index (χ1) is 42.4. The molecule has 0 radical (unpaired) electrons. The quantitative estimate of drug-likeness (QED) is 0.0437. The number of nitrogens with two attached hydrogens (primary N) is 1. The summed E-state index contributed by atoms with van der Waals surface area (Å²) in [5, 5.41) is 42.5. The van der Waals surface area contributed by atoms with Crippen LogP contribution in [-0.2, 0) is 23.3 Å². The van der Waals surface area contributed by atoms with Crippen LogP contribution in [0.3, 0.4) is 0 Å². The summed E-state index contributed by atoms with van der Waals surface area (Å²) < 4.78 is 205. The first-order valence-electron chi connectivity index (χ1n) is 27.9. The second-order valence-electron chi connectivity index (χ2n) is 20.5. The molecular formula is C54H59F15N12O7. The predicted octanol–water partition coefficient (Wildman–Crippen LogP) is 12.8. The van der Waals surface area contributed by atoms with Crippen LogP contribution in [0, 0.1) is 17.8 Å². The number of nitrogen functional groups attached to an aromatic ring is 1. The molecule has 34 heteroatoms. The number of rotatable bonds is 14. The number of carbonyl (C=O) groups excluding carboxylic acids is 3. The van der Waals surface area contributed by atoms with Crippen molar-refractivity contribution in [1.29, 1.82) is 0 Å². The minimum absolute atomic E-state index is 0.0595. The van der Waals surface area contributed by atoms with E-state index in [-0.39, 0.29) is 65.9 Å². The Hall–Kier alpha value is -8.17. The molecule has 2 amide bonds. The van der Waals surface area contributed by atoms with Gasteiger partial charge >= 0.3 is 24.5 Å². The molecule has 6 aromatic heterocycles. The maximum atomic E-state index is 13.4. The van der Waals surface area contributed by atoms with Gasteiger partial charge in [-0.05, 0) is 125 Å². The zero-order chi connectivity index (χ0) is 66.8. The smallest absolute Gasteiger partial charge is 0.433 e. The zero-order valence-corrected chi connectivity index (χ0v) is 45.8. The summed E-state index contributed by atoms with van der Waals surface area (Å²) in [5.41, 5.74) is -2.10. The van der Waals surface area contributed by atoms with E-state index in [0.29, 0.717) is 62.6 Å². The zero-order valence-electron chi connectivity index (χ0n) is 47.8. The van der Waals surface area contributed by atoms with Gasteiger partial charge in [-0.15, -0.1) is 0 Å². The number of aliphatic hydroxyl groups excluding tert-OH is 2. The van der Waals surface area contributed by atoms with Gasteiger partial charge in [0.25, 0.3) is 31.1 Å². The lowest BCUT2D eigenvalue weighted by Gasteiger charge is -2.27. The fraction of sp³-hybridized carbons (Fsp3) is 0.481. The number of alkyl halides is 15. The van der Waals surface area contributed by atoms with E-state index in [9.17, 15) is 90.1 Å². The molecule has 0 unspecified atom stereocenters. The molecular weight excluding hydrogens is 1210 g/mol. The third-order valence-electron chi connectivity index (χ3n) is 14.4. The highest BCUT2D eigenvalue weighted by Gasteiger charge is 2.36. The van der Waals surface area contributed by atoms with Gasteiger partial charge in [-0.3, -0.25) is 23.6 Å². The number of aromatic nitrogens is 9. The van der Waals surface area contributed by atoms with Gasteiger partial charge < -0.3 is 36.5 Å². The average molecular weight is 1280 g/mol. The van der Waals surface area contributed by atoms with Crippen LogP contribution in [0.4, 0.5) is 82.9 Å². The summed E-state index contributed by atoms with van der Waals surface area (Å²) in [6, 6.07) is 8.03. The molecule has 7 N–H and O–H groups in total. The Kier molecular flexibility index (Phi) is 23.1. The number of nitrogens with zero attached hydrogens (tertiary/aromatic N) is 9. The highest BCUT2D eigenvalue weighted by Crippen LogP contribution is 2.38. The highest BCUT2D eigenvalue weighted by molar-refractivity contribution is 6.03. The number of aromatic carboxylic acids is 1. The average Bonchev–Trinajstić information content (AvgIpc) is 1.97. The number of hydrogen-bond donors (Lipinski definition) is 6. The fourth-order valence-electron chi connectivity index (χ4n) is 9.69. The van der Waals surface area contributed by atoms with Crippen molar-refractivity contribution in [3.8, 4) is 0 Å². The monoisotopic (exact) mass is 1280 g/mol. The van der Waals surface area contributed by atoms with Crippen molar-refractivity contribution in [2.24, 2.45) is 17.8 Å². The Balaban J connectivity index is 0.000000226. The maximum Gasteiger partial charge on any atom is 0.433 e. The molecule has 0 aliphatic heterocycles. The number of carboxylic acids is 1. The molecule has 3 aliphatic rings. The summed E-state index contributed by atoms with van der Waals surface area (Å²) in [5.74, 6) is -3.13. The molecule has 0 bridgehead atoms. The van der Waals surface area contributed by atoms with Crippen LogP contribution < -0.4 is 16.4 Å². The summed E-state index contributed by atoms with van der Waals surface area (Å²) in [6.45, 7) is 0.273. The second-order valence-corrected chi connectivity index (χ2v) is 20.5.